The summed E-state index contributed by atoms with van der Waals surface area (Å²) in [6, 6.07) is 63.8. The van der Waals surface area contributed by atoms with E-state index in [0.717, 1.165) is 42.7 Å². The van der Waals surface area contributed by atoms with Gasteiger partial charge in [0.15, 0.2) is 0 Å². The van der Waals surface area contributed by atoms with Gasteiger partial charge in [-0.25, -0.2) is 0 Å². The van der Waals surface area contributed by atoms with Crippen LogP contribution in [0.5, 0.6) is 0 Å². The average molecular weight is 994 g/mol. The van der Waals surface area contributed by atoms with Gasteiger partial charge in [0.2, 0.25) is 0 Å². The normalized spacial score (nSPS) is 19.1. The smallest absolute Gasteiger partial charge is 0.252 e. The molecule has 0 spiro atoms. The highest BCUT2D eigenvalue weighted by Crippen LogP contribution is 2.56. The van der Waals surface area contributed by atoms with Crippen LogP contribution in [0.25, 0.3) is 11.1 Å². The number of nitrogens with zero attached hydrogens (tertiary/aromatic N) is 3. The van der Waals surface area contributed by atoms with E-state index >= 15 is 0 Å². The summed E-state index contributed by atoms with van der Waals surface area (Å²) in [6.07, 6.45) is 5.76. The van der Waals surface area contributed by atoms with E-state index in [0.29, 0.717) is 0 Å². The molecular formula is C72H76BN3. The Labute approximate surface area is 455 Å². The van der Waals surface area contributed by atoms with Crippen LogP contribution in [0.15, 0.2) is 164 Å². The van der Waals surface area contributed by atoms with Gasteiger partial charge in [0.1, 0.15) is 0 Å². The number of hydrogen-bond donors (Lipinski definition) is 0. The summed E-state index contributed by atoms with van der Waals surface area (Å²) < 4.78 is 0. The largest absolute Gasteiger partial charge is 0.311 e. The van der Waals surface area contributed by atoms with E-state index in [2.05, 4.69) is 269 Å². The second-order valence-electron chi connectivity index (χ2n) is 27.5. The lowest BCUT2D eigenvalue weighted by molar-refractivity contribution is 0.332. The molecule has 4 heteroatoms. The lowest BCUT2D eigenvalue weighted by Crippen LogP contribution is -2.62. The van der Waals surface area contributed by atoms with Crippen LogP contribution in [0.4, 0.5) is 51.2 Å². The number of rotatable bonds is 6. The van der Waals surface area contributed by atoms with Crippen LogP contribution in [-0.2, 0) is 32.5 Å². The summed E-state index contributed by atoms with van der Waals surface area (Å²) in [4.78, 5) is 7.91. The van der Waals surface area contributed by atoms with E-state index in [1.165, 1.54) is 107 Å². The summed E-state index contributed by atoms with van der Waals surface area (Å²) in [7, 11) is 0. The van der Waals surface area contributed by atoms with E-state index in [1.54, 1.807) is 0 Å². The maximum atomic E-state index is 2.73. The van der Waals surface area contributed by atoms with Gasteiger partial charge < -0.3 is 14.7 Å². The Morgan fingerprint density at radius 3 is 1.42 bits per heavy atom. The zero-order valence-electron chi connectivity index (χ0n) is 47.5. The molecule has 5 aliphatic rings. The monoisotopic (exact) mass is 994 g/mol. The summed E-state index contributed by atoms with van der Waals surface area (Å²) in [6.45, 7) is 32.0. The predicted molar refractivity (Wildman–Crippen MR) is 327 cm³/mol. The van der Waals surface area contributed by atoms with Crippen molar-refractivity contribution in [3.05, 3.63) is 203 Å². The first-order chi connectivity index (χ1) is 36.0. The molecule has 13 rings (SSSR count). The highest BCUT2D eigenvalue weighted by atomic mass is 15.2. The van der Waals surface area contributed by atoms with Crippen LogP contribution >= 0.6 is 0 Å². The highest BCUT2D eigenvalue weighted by Gasteiger charge is 2.49. The molecule has 8 aromatic carbocycles. The number of aryl methyl sites for hydroxylation is 1. The molecular weight excluding hydrogens is 918 g/mol. The molecule has 0 N–H and O–H groups in total. The van der Waals surface area contributed by atoms with Crippen molar-refractivity contribution in [1.29, 1.82) is 0 Å². The summed E-state index contributed by atoms with van der Waals surface area (Å²) >= 11 is 0. The van der Waals surface area contributed by atoms with Crippen LogP contribution in [0.1, 0.15) is 154 Å². The van der Waals surface area contributed by atoms with Crippen LogP contribution in [0, 0.1) is 6.92 Å². The Kier molecular flexibility index (Phi) is 10.7. The van der Waals surface area contributed by atoms with Crippen molar-refractivity contribution in [2.75, 3.05) is 14.7 Å². The van der Waals surface area contributed by atoms with Gasteiger partial charge in [-0.1, -0.05) is 180 Å². The van der Waals surface area contributed by atoms with Crippen LogP contribution in [0.3, 0.4) is 0 Å². The minimum absolute atomic E-state index is 0.00725. The highest BCUT2D eigenvalue weighted by molar-refractivity contribution is 7.00. The van der Waals surface area contributed by atoms with Gasteiger partial charge in [0.25, 0.3) is 6.71 Å². The Morgan fingerprint density at radius 2 is 0.829 bits per heavy atom. The van der Waals surface area contributed by atoms with Crippen LogP contribution in [-0.4, -0.2) is 6.71 Å². The molecule has 0 saturated carbocycles. The molecule has 76 heavy (non-hydrogen) atoms. The van der Waals surface area contributed by atoms with Gasteiger partial charge in [-0.3, -0.25) is 0 Å². The Bertz CT molecular complexity index is 3610. The first-order valence-electron chi connectivity index (χ1n) is 28.4. The topological polar surface area (TPSA) is 9.72 Å². The van der Waals surface area contributed by atoms with E-state index in [-0.39, 0.29) is 39.2 Å². The van der Waals surface area contributed by atoms with Gasteiger partial charge in [-0.15, -0.1) is 0 Å². The molecule has 3 nitrogen and oxygen atoms in total. The van der Waals surface area contributed by atoms with Crippen LogP contribution in [0.2, 0.25) is 0 Å². The fourth-order valence-electron chi connectivity index (χ4n) is 15.2. The quantitative estimate of drug-likeness (QED) is 0.154. The molecule has 0 radical (unpaired) electrons. The fraction of sp³-hybridized carbons (Fsp3) is 0.333. The number of para-hydroxylation sites is 2. The molecule has 0 bridgehead atoms. The number of fused-ring (bicyclic) bond motifs is 7. The van der Waals surface area contributed by atoms with Crippen molar-refractivity contribution in [1.82, 2.24) is 0 Å². The van der Waals surface area contributed by atoms with Gasteiger partial charge in [0.05, 0.1) is 5.69 Å². The Hall–Kier alpha value is -6.78. The third-order valence-electron chi connectivity index (χ3n) is 19.4. The van der Waals surface area contributed by atoms with E-state index in [4.69, 9.17) is 0 Å². The average Bonchev–Trinajstić information content (AvgIpc) is 3.71. The summed E-state index contributed by atoms with van der Waals surface area (Å²) in [5, 5.41) is 0. The molecule has 2 aliphatic heterocycles. The van der Waals surface area contributed by atoms with E-state index < -0.39 is 0 Å². The van der Waals surface area contributed by atoms with E-state index in [9.17, 15) is 0 Å². The maximum absolute atomic E-state index is 2.73. The van der Waals surface area contributed by atoms with Crippen molar-refractivity contribution < 1.29 is 0 Å². The molecule has 0 atom stereocenters. The lowest BCUT2D eigenvalue weighted by Gasteiger charge is -2.48. The third kappa shape index (κ3) is 7.43. The minimum atomic E-state index is -0.0497. The fourth-order valence-corrected chi connectivity index (χ4v) is 15.2. The summed E-state index contributed by atoms with van der Waals surface area (Å²) in [5.41, 5.74) is 27.9. The number of hydrogen-bond acceptors (Lipinski definition) is 3. The molecule has 0 aromatic heterocycles. The molecule has 0 saturated heterocycles. The lowest BCUT2D eigenvalue weighted by atomic mass is 9.33. The van der Waals surface area contributed by atoms with Crippen molar-refractivity contribution in [2.24, 2.45) is 0 Å². The Morgan fingerprint density at radius 1 is 0.355 bits per heavy atom. The standard InChI is InChI=1S/C72H76BN3/c1-46-37-54-58(72(12,13)45-71(54,10)11)43-62(46)76-61-32-29-48(47-23-17-14-18-24-47)38-59(61)73-60-42-56-57(70(8,9)36-35-69(56,6)7)44-63(60)75(51-30-31-53-55(39-51)68(4,5)34-33-67(53,2)3)64-40-52(41-65(76)66(64)73)74(49-25-19-15-20-26-49)50-27-21-16-22-28-50/h14-32,37-44H,33-36,45H2,1-13H3. The molecule has 8 aromatic rings. The SMILES string of the molecule is Cc1cc2c(cc1N1c3ccc(-c4ccccc4)cc3B3c4cc5c(cc4N(c4ccc6c(c4)C(C)(C)CCC6(C)C)c4cc(N(c6ccccc6)c6ccccc6)cc1c43)C(C)(C)CCC5(C)C)C(C)(C)CC2(C)C. The first-order valence-corrected chi connectivity index (χ1v) is 28.4. The molecule has 382 valence electrons. The maximum Gasteiger partial charge on any atom is 0.252 e. The number of anilines is 9. The zero-order valence-corrected chi connectivity index (χ0v) is 47.5. The summed E-state index contributed by atoms with van der Waals surface area (Å²) in [5.74, 6) is 0. The van der Waals surface area contributed by atoms with Crippen molar-refractivity contribution in [3.8, 4) is 11.1 Å². The minimum Gasteiger partial charge on any atom is -0.311 e. The third-order valence-corrected chi connectivity index (χ3v) is 19.4. The molecule has 0 fully saturated rings. The predicted octanol–water partition coefficient (Wildman–Crippen LogP) is 17.9. The Balaban J connectivity index is 1.20. The van der Waals surface area contributed by atoms with Crippen LogP contribution < -0.4 is 31.1 Å². The molecule has 3 aliphatic carbocycles. The molecule has 0 unspecified atom stereocenters. The molecule has 2 heterocycles. The number of benzene rings is 8. The van der Waals surface area contributed by atoms with Gasteiger partial charge >= 0.3 is 0 Å². The van der Waals surface area contributed by atoms with Gasteiger partial charge in [0, 0.05) is 45.5 Å². The first kappa shape index (κ1) is 48.8. The van der Waals surface area contributed by atoms with Crippen molar-refractivity contribution >= 4 is 74.3 Å². The second-order valence-corrected chi connectivity index (χ2v) is 27.5. The van der Waals surface area contributed by atoms with Crippen molar-refractivity contribution in [3.63, 3.8) is 0 Å². The van der Waals surface area contributed by atoms with E-state index in [1.807, 2.05) is 0 Å². The second kappa shape index (κ2) is 16.6. The van der Waals surface area contributed by atoms with Gasteiger partial charge in [-0.05, 0) is 205 Å². The zero-order chi connectivity index (χ0) is 53.1. The van der Waals surface area contributed by atoms with Crippen molar-refractivity contribution in [2.45, 2.75) is 155 Å². The van der Waals surface area contributed by atoms with Gasteiger partial charge in [-0.2, -0.15) is 0 Å². The molecule has 0 amide bonds.